The van der Waals surface area contributed by atoms with Gasteiger partial charge in [0.1, 0.15) is 0 Å². The van der Waals surface area contributed by atoms with Crippen molar-refractivity contribution in [1.82, 2.24) is 5.43 Å². The molecule has 2 unspecified atom stereocenters. The molecule has 0 aromatic heterocycles. The highest BCUT2D eigenvalue weighted by molar-refractivity contribution is 8.15. The third kappa shape index (κ3) is 2.98. The van der Waals surface area contributed by atoms with Crippen LogP contribution in [0.4, 0.5) is 0 Å². The van der Waals surface area contributed by atoms with Crippen LogP contribution in [0, 0.1) is 0 Å². The second-order valence-corrected chi connectivity index (χ2v) is 7.90. The molecular formula is C12H13N3O2S2. The summed E-state index contributed by atoms with van der Waals surface area (Å²) in [5.41, 5.74) is 3.87. The Morgan fingerprint density at radius 2 is 2.11 bits per heavy atom. The number of hydrogen-bond acceptors (Lipinski definition) is 6. The van der Waals surface area contributed by atoms with Gasteiger partial charge < -0.3 is 0 Å². The van der Waals surface area contributed by atoms with E-state index in [1.165, 1.54) is 11.8 Å². The normalized spacial score (nSPS) is 28.3. The summed E-state index contributed by atoms with van der Waals surface area (Å²) in [7, 11) is -2.89. The zero-order valence-electron chi connectivity index (χ0n) is 10.1. The standard InChI is InChI=1S/C12H13N3O2S2/c16-19(17)7-10-11(8-19)18-12(14-10)15-13-6-9-4-2-1-3-5-9/h1-6,10-11H,7-8H2,(H,14,15)/b13-6-. The molecule has 1 aromatic carbocycles. The summed E-state index contributed by atoms with van der Waals surface area (Å²) in [4.78, 5) is 4.35. The number of nitrogens with zero attached hydrogens (tertiary/aromatic N) is 2. The van der Waals surface area contributed by atoms with E-state index in [0.717, 1.165) is 5.56 Å². The van der Waals surface area contributed by atoms with Crippen molar-refractivity contribution in [3.63, 3.8) is 0 Å². The molecule has 0 amide bonds. The molecule has 2 aliphatic heterocycles. The molecule has 0 bridgehead atoms. The summed E-state index contributed by atoms with van der Waals surface area (Å²) in [6, 6.07) is 9.64. The summed E-state index contributed by atoms with van der Waals surface area (Å²) in [6.07, 6.45) is 1.72. The van der Waals surface area contributed by atoms with Crippen molar-refractivity contribution in [3.05, 3.63) is 35.9 Å². The molecule has 3 rings (SSSR count). The number of fused-ring (bicyclic) bond motifs is 1. The quantitative estimate of drug-likeness (QED) is 0.649. The van der Waals surface area contributed by atoms with Gasteiger partial charge in [0.05, 0.1) is 23.8 Å². The van der Waals surface area contributed by atoms with Gasteiger partial charge in [-0.05, 0) is 5.56 Å². The Kier molecular flexibility index (Phi) is 3.32. The largest absolute Gasteiger partial charge is 0.256 e. The van der Waals surface area contributed by atoms with Crippen LogP contribution in [-0.2, 0) is 9.84 Å². The average molecular weight is 295 g/mol. The third-order valence-corrected chi connectivity index (χ3v) is 6.12. The number of sulfone groups is 1. The van der Waals surface area contributed by atoms with E-state index in [4.69, 9.17) is 0 Å². The lowest BCUT2D eigenvalue weighted by molar-refractivity contribution is 0.601. The van der Waals surface area contributed by atoms with Crippen LogP contribution in [0.25, 0.3) is 0 Å². The van der Waals surface area contributed by atoms with Crippen LogP contribution in [-0.4, -0.2) is 42.6 Å². The van der Waals surface area contributed by atoms with Crippen molar-refractivity contribution < 1.29 is 8.42 Å². The first-order valence-electron chi connectivity index (χ1n) is 5.91. The number of thioether (sulfide) groups is 1. The second-order valence-electron chi connectivity index (χ2n) is 4.52. The van der Waals surface area contributed by atoms with E-state index in [9.17, 15) is 8.42 Å². The summed E-state index contributed by atoms with van der Waals surface area (Å²) >= 11 is 1.46. The van der Waals surface area contributed by atoms with E-state index in [-0.39, 0.29) is 22.8 Å². The van der Waals surface area contributed by atoms with Crippen molar-refractivity contribution in [1.29, 1.82) is 0 Å². The maximum absolute atomic E-state index is 11.4. The summed E-state index contributed by atoms with van der Waals surface area (Å²) < 4.78 is 22.8. The van der Waals surface area contributed by atoms with Crippen molar-refractivity contribution in [2.24, 2.45) is 10.1 Å². The Morgan fingerprint density at radius 1 is 1.32 bits per heavy atom. The molecule has 100 valence electrons. The van der Waals surface area contributed by atoms with Crippen molar-refractivity contribution >= 4 is 33.0 Å². The number of aliphatic imine (C=N–C) groups is 1. The van der Waals surface area contributed by atoms with Crippen molar-refractivity contribution in [3.8, 4) is 0 Å². The Balaban J connectivity index is 1.60. The van der Waals surface area contributed by atoms with Crippen LogP contribution >= 0.6 is 11.8 Å². The van der Waals surface area contributed by atoms with E-state index < -0.39 is 9.84 Å². The Labute approximate surface area is 116 Å². The second kappa shape index (κ2) is 4.97. The lowest BCUT2D eigenvalue weighted by atomic mass is 10.2. The predicted octanol–water partition coefficient (Wildman–Crippen LogP) is 0.878. The first-order valence-corrected chi connectivity index (χ1v) is 8.61. The van der Waals surface area contributed by atoms with E-state index in [1.54, 1.807) is 6.21 Å². The molecule has 1 saturated heterocycles. The number of hydrazone groups is 1. The lowest BCUT2D eigenvalue weighted by Crippen LogP contribution is -2.15. The highest BCUT2D eigenvalue weighted by atomic mass is 32.2. The molecule has 1 N–H and O–H groups in total. The van der Waals surface area contributed by atoms with E-state index in [0.29, 0.717) is 5.17 Å². The minimum Gasteiger partial charge on any atom is -0.256 e. The van der Waals surface area contributed by atoms with Crippen LogP contribution in [0.1, 0.15) is 5.56 Å². The smallest absolute Gasteiger partial charge is 0.177 e. The summed E-state index contributed by atoms with van der Waals surface area (Å²) in [5.74, 6) is 0.387. The topological polar surface area (TPSA) is 70.9 Å². The first-order chi connectivity index (χ1) is 9.12. The van der Waals surface area contributed by atoms with Gasteiger partial charge in [-0.25, -0.2) is 8.42 Å². The lowest BCUT2D eigenvalue weighted by Gasteiger charge is -2.01. The molecule has 1 aromatic rings. The molecule has 2 aliphatic rings. The Morgan fingerprint density at radius 3 is 2.84 bits per heavy atom. The highest BCUT2D eigenvalue weighted by Crippen LogP contribution is 2.33. The van der Waals surface area contributed by atoms with Crippen LogP contribution in [0.3, 0.4) is 0 Å². The van der Waals surface area contributed by atoms with E-state index in [1.807, 2.05) is 30.3 Å². The molecule has 7 heteroatoms. The van der Waals surface area contributed by atoms with Gasteiger partial charge in [0.15, 0.2) is 15.0 Å². The van der Waals surface area contributed by atoms with Gasteiger partial charge in [0.25, 0.3) is 0 Å². The molecule has 5 nitrogen and oxygen atoms in total. The predicted molar refractivity (Wildman–Crippen MR) is 78.4 cm³/mol. The molecule has 0 aliphatic carbocycles. The van der Waals surface area contributed by atoms with Crippen LogP contribution in [0.15, 0.2) is 40.4 Å². The van der Waals surface area contributed by atoms with Gasteiger partial charge in [-0.2, -0.15) is 5.10 Å². The number of nitrogens with one attached hydrogen (secondary N) is 1. The number of rotatable bonds is 2. The molecule has 2 atom stereocenters. The molecule has 19 heavy (non-hydrogen) atoms. The zero-order valence-corrected chi connectivity index (χ0v) is 11.7. The van der Waals surface area contributed by atoms with E-state index in [2.05, 4.69) is 15.5 Å². The fourth-order valence-corrected chi connectivity index (χ4v) is 5.72. The Hall–Kier alpha value is -1.34. The van der Waals surface area contributed by atoms with Crippen molar-refractivity contribution in [2.45, 2.75) is 11.3 Å². The molecular weight excluding hydrogens is 282 g/mol. The molecule has 0 saturated carbocycles. The molecule has 1 fully saturated rings. The van der Waals surface area contributed by atoms with Gasteiger partial charge in [-0.15, -0.1) is 0 Å². The number of hydrogen-bond donors (Lipinski definition) is 1. The minimum absolute atomic E-state index is 0.0550. The average Bonchev–Trinajstić information content (AvgIpc) is 2.83. The summed E-state index contributed by atoms with van der Waals surface area (Å²) in [6.45, 7) is 0. The number of benzene rings is 1. The van der Waals surface area contributed by atoms with Gasteiger partial charge >= 0.3 is 0 Å². The van der Waals surface area contributed by atoms with Gasteiger partial charge in [0, 0.05) is 5.25 Å². The Bertz CT molecular complexity index is 626. The number of amidine groups is 1. The first kappa shape index (κ1) is 12.7. The fraction of sp³-hybridized carbons (Fsp3) is 0.333. The summed E-state index contributed by atoms with van der Waals surface area (Å²) in [5, 5.41) is 4.87. The van der Waals surface area contributed by atoms with Gasteiger partial charge in [0.2, 0.25) is 0 Å². The van der Waals surface area contributed by atoms with Crippen LogP contribution in [0.2, 0.25) is 0 Å². The van der Waals surface area contributed by atoms with Crippen LogP contribution < -0.4 is 5.43 Å². The van der Waals surface area contributed by atoms with Gasteiger partial charge in [-0.3, -0.25) is 10.4 Å². The van der Waals surface area contributed by atoms with Gasteiger partial charge in [-0.1, -0.05) is 42.1 Å². The maximum atomic E-state index is 11.4. The zero-order chi connectivity index (χ0) is 13.3. The molecule has 2 heterocycles. The fourth-order valence-electron chi connectivity index (χ4n) is 2.11. The SMILES string of the molecule is O=S1(=O)CC2N=C(N/N=C\c3ccccc3)SC2C1. The minimum atomic E-state index is -2.89. The van der Waals surface area contributed by atoms with Crippen molar-refractivity contribution in [2.75, 3.05) is 11.5 Å². The third-order valence-electron chi connectivity index (χ3n) is 2.99. The van der Waals surface area contributed by atoms with Crippen LogP contribution in [0.5, 0.6) is 0 Å². The monoisotopic (exact) mass is 295 g/mol. The maximum Gasteiger partial charge on any atom is 0.177 e. The molecule has 0 radical (unpaired) electrons. The molecule has 0 spiro atoms. The van der Waals surface area contributed by atoms with E-state index >= 15 is 0 Å². The highest BCUT2D eigenvalue weighted by Gasteiger charge is 2.42.